The Morgan fingerprint density at radius 1 is 1.29 bits per heavy atom. The van der Waals surface area contributed by atoms with Gasteiger partial charge in [-0.3, -0.25) is 0 Å². The second-order valence-electron chi connectivity index (χ2n) is 5.27. The Bertz CT molecular complexity index is 324. The molecular weight excluding hydrogens is 208 g/mol. The fraction of sp³-hybridized carbons (Fsp3) is 0.467. The van der Waals surface area contributed by atoms with Gasteiger partial charge in [-0.05, 0) is 17.9 Å². The standard InChI is InChI=1S/C15H24N2/c1-5-7-9-13-10-15(3,4)12-16-11-14(17-13)8-6-2/h5-9,13,16-17H,1-2,10-12H2,3-4H3/b9-7+,14-8-. The quantitative estimate of drug-likeness (QED) is 0.731. The van der Waals surface area contributed by atoms with Crippen LogP contribution >= 0.6 is 0 Å². The molecule has 2 nitrogen and oxygen atoms in total. The van der Waals surface area contributed by atoms with Crippen LogP contribution in [0, 0.1) is 5.41 Å². The zero-order valence-corrected chi connectivity index (χ0v) is 11.0. The SMILES string of the molecule is C=C/C=C1/CNCC(C)(C)CC(/C=C/C=C)N1. The van der Waals surface area contributed by atoms with Crippen molar-refractivity contribution in [3.8, 4) is 0 Å². The van der Waals surface area contributed by atoms with Crippen LogP contribution in [-0.4, -0.2) is 19.1 Å². The predicted octanol–water partition coefficient (Wildman–Crippen LogP) is 2.78. The lowest BCUT2D eigenvalue weighted by atomic mass is 9.84. The molecule has 1 saturated heterocycles. The van der Waals surface area contributed by atoms with Crippen LogP contribution < -0.4 is 10.6 Å². The number of hydrogen-bond acceptors (Lipinski definition) is 2. The minimum atomic E-state index is 0.295. The van der Waals surface area contributed by atoms with Gasteiger partial charge in [0.15, 0.2) is 0 Å². The summed E-state index contributed by atoms with van der Waals surface area (Å²) < 4.78 is 0. The van der Waals surface area contributed by atoms with Crippen molar-refractivity contribution in [2.75, 3.05) is 13.1 Å². The maximum Gasteiger partial charge on any atom is 0.0450 e. The van der Waals surface area contributed by atoms with Gasteiger partial charge in [0, 0.05) is 24.8 Å². The first-order chi connectivity index (χ1) is 8.07. The van der Waals surface area contributed by atoms with E-state index in [0.29, 0.717) is 11.5 Å². The fourth-order valence-corrected chi connectivity index (χ4v) is 2.12. The molecule has 0 saturated carbocycles. The second kappa shape index (κ2) is 6.45. The van der Waals surface area contributed by atoms with Gasteiger partial charge >= 0.3 is 0 Å². The molecule has 1 unspecified atom stereocenters. The Kier molecular flexibility index (Phi) is 5.23. The summed E-state index contributed by atoms with van der Waals surface area (Å²) in [4.78, 5) is 0. The maximum atomic E-state index is 3.75. The fourth-order valence-electron chi connectivity index (χ4n) is 2.12. The van der Waals surface area contributed by atoms with Crippen molar-refractivity contribution in [3.05, 3.63) is 49.2 Å². The topological polar surface area (TPSA) is 24.1 Å². The minimum absolute atomic E-state index is 0.295. The molecule has 1 aliphatic rings. The first-order valence-corrected chi connectivity index (χ1v) is 6.15. The molecule has 0 spiro atoms. The highest BCUT2D eigenvalue weighted by Crippen LogP contribution is 2.23. The van der Waals surface area contributed by atoms with E-state index in [0.717, 1.165) is 19.5 Å². The molecule has 1 atom stereocenters. The van der Waals surface area contributed by atoms with Crippen LogP contribution in [0.5, 0.6) is 0 Å². The molecule has 2 heteroatoms. The summed E-state index contributed by atoms with van der Waals surface area (Å²) in [6, 6.07) is 0.358. The van der Waals surface area contributed by atoms with E-state index in [1.165, 1.54) is 5.70 Å². The highest BCUT2D eigenvalue weighted by atomic mass is 15.0. The molecule has 17 heavy (non-hydrogen) atoms. The van der Waals surface area contributed by atoms with Gasteiger partial charge in [0.2, 0.25) is 0 Å². The predicted molar refractivity (Wildman–Crippen MR) is 75.8 cm³/mol. The lowest BCUT2D eigenvalue weighted by Crippen LogP contribution is -2.43. The van der Waals surface area contributed by atoms with Crippen molar-refractivity contribution in [3.63, 3.8) is 0 Å². The highest BCUT2D eigenvalue weighted by Gasteiger charge is 2.24. The van der Waals surface area contributed by atoms with Gasteiger partial charge in [-0.1, -0.05) is 51.3 Å². The Balaban J connectivity index is 2.79. The van der Waals surface area contributed by atoms with Gasteiger partial charge < -0.3 is 10.6 Å². The van der Waals surface area contributed by atoms with Crippen molar-refractivity contribution < 1.29 is 0 Å². The molecule has 0 radical (unpaired) electrons. The van der Waals surface area contributed by atoms with E-state index < -0.39 is 0 Å². The van der Waals surface area contributed by atoms with E-state index in [1.807, 2.05) is 24.3 Å². The second-order valence-corrected chi connectivity index (χ2v) is 5.27. The normalized spacial score (nSPS) is 27.2. The molecule has 0 aromatic rings. The van der Waals surface area contributed by atoms with Gasteiger partial charge in [-0.25, -0.2) is 0 Å². The van der Waals surface area contributed by atoms with Crippen LogP contribution in [0.15, 0.2) is 49.2 Å². The lowest BCUT2D eigenvalue weighted by molar-refractivity contribution is 0.281. The monoisotopic (exact) mass is 232 g/mol. The van der Waals surface area contributed by atoms with Gasteiger partial charge in [-0.15, -0.1) is 0 Å². The molecule has 0 aromatic carbocycles. The molecule has 2 N–H and O–H groups in total. The first-order valence-electron chi connectivity index (χ1n) is 6.15. The largest absolute Gasteiger partial charge is 0.381 e. The summed E-state index contributed by atoms with van der Waals surface area (Å²) in [7, 11) is 0. The average molecular weight is 232 g/mol. The van der Waals surface area contributed by atoms with E-state index in [4.69, 9.17) is 0 Å². The van der Waals surface area contributed by atoms with E-state index in [-0.39, 0.29) is 0 Å². The van der Waals surface area contributed by atoms with Crippen molar-refractivity contribution in [2.45, 2.75) is 26.3 Å². The smallest absolute Gasteiger partial charge is 0.0450 e. The average Bonchev–Trinajstić information content (AvgIpc) is 2.23. The number of nitrogens with one attached hydrogen (secondary N) is 2. The summed E-state index contributed by atoms with van der Waals surface area (Å²) in [6.07, 6.45) is 11.0. The summed E-state index contributed by atoms with van der Waals surface area (Å²) in [5, 5.41) is 7.01. The van der Waals surface area contributed by atoms with Crippen molar-refractivity contribution in [1.29, 1.82) is 0 Å². The third kappa shape index (κ3) is 5.05. The summed E-state index contributed by atoms with van der Waals surface area (Å²) in [6.45, 7) is 13.9. The number of hydrogen-bond donors (Lipinski definition) is 2. The molecule has 1 fully saturated rings. The molecular formula is C15H24N2. The molecule has 0 aromatic heterocycles. The summed E-state index contributed by atoms with van der Waals surface area (Å²) in [5.74, 6) is 0. The van der Waals surface area contributed by atoms with Crippen molar-refractivity contribution in [1.82, 2.24) is 10.6 Å². The first kappa shape index (κ1) is 13.8. The Hall–Kier alpha value is -1.28. The lowest BCUT2D eigenvalue weighted by Gasteiger charge is -2.33. The van der Waals surface area contributed by atoms with Crippen LogP contribution in [-0.2, 0) is 0 Å². The number of allylic oxidation sites excluding steroid dienone is 4. The molecule has 1 heterocycles. The van der Waals surface area contributed by atoms with Crippen molar-refractivity contribution >= 4 is 0 Å². The minimum Gasteiger partial charge on any atom is -0.381 e. The van der Waals surface area contributed by atoms with E-state index in [1.54, 1.807) is 0 Å². The van der Waals surface area contributed by atoms with E-state index >= 15 is 0 Å². The summed E-state index contributed by atoms with van der Waals surface area (Å²) in [5.41, 5.74) is 1.48. The third-order valence-electron chi connectivity index (χ3n) is 2.86. The van der Waals surface area contributed by atoms with Crippen LogP contribution in [0.3, 0.4) is 0 Å². The van der Waals surface area contributed by atoms with Gasteiger partial charge in [-0.2, -0.15) is 0 Å². The molecule has 0 aliphatic carbocycles. The Morgan fingerprint density at radius 2 is 2.06 bits per heavy atom. The summed E-state index contributed by atoms with van der Waals surface area (Å²) >= 11 is 0. The molecule has 0 amide bonds. The third-order valence-corrected chi connectivity index (χ3v) is 2.86. The van der Waals surface area contributed by atoms with E-state index in [2.05, 4.69) is 43.7 Å². The van der Waals surface area contributed by atoms with Crippen LogP contribution in [0.1, 0.15) is 20.3 Å². The van der Waals surface area contributed by atoms with Crippen LogP contribution in [0.2, 0.25) is 0 Å². The van der Waals surface area contributed by atoms with Gasteiger partial charge in [0.05, 0.1) is 0 Å². The van der Waals surface area contributed by atoms with Crippen LogP contribution in [0.25, 0.3) is 0 Å². The number of rotatable bonds is 3. The molecule has 94 valence electrons. The van der Waals surface area contributed by atoms with Crippen molar-refractivity contribution in [2.24, 2.45) is 5.41 Å². The van der Waals surface area contributed by atoms with Crippen LogP contribution in [0.4, 0.5) is 0 Å². The molecule has 1 rings (SSSR count). The molecule has 0 bridgehead atoms. The van der Waals surface area contributed by atoms with E-state index in [9.17, 15) is 0 Å². The Morgan fingerprint density at radius 3 is 2.71 bits per heavy atom. The zero-order valence-electron chi connectivity index (χ0n) is 11.0. The van der Waals surface area contributed by atoms with Gasteiger partial charge in [0.25, 0.3) is 0 Å². The highest BCUT2D eigenvalue weighted by molar-refractivity contribution is 5.15. The zero-order chi connectivity index (χ0) is 12.7. The maximum absolute atomic E-state index is 3.75. The Labute approximate surface area is 105 Å². The van der Waals surface area contributed by atoms with Gasteiger partial charge in [0.1, 0.15) is 0 Å². The molecule has 1 aliphatic heterocycles.